The predicted molar refractivity (Wildman–Crippen MR) is 109 cm³/mol. The van der Waals surface area contributed by atoms with Crippen LogP contribution in [0.25, 0.3) is 11.3 Å². The fraction of sp³-hybridized carbons (Fsp3) is 0.571. The Morgan fingerprint density at radius 2 is 2.00 bits per heavy atom. The SMILES string of the molecule is C=Nc1c(/C(N)=N\C)c2c(n1C1CCCC1)CCC(O)c1c-2noc1C1CC1. The summed E-state index contributed by atoms with van der Waals surface area (Å²) in [5, 5.41) is 15.4. The van der Waals surface area contributed by atoms with Crippen molar-refractivity contribution in [3.8, 4) is 11.3 Å². The molecular formula is C21H27N5O2. The fourth-order valence-electron chi connectivity index (χ4n) is 5.06. The lowest BCUT2D eigenvalue weighted by Gasteiger charge is -2.19. The molecule has 0 aliphatic heterocycles. The van der Waals surface area contributed by atoms with Gasteiger partial charge in [0, 0.05) is 30.3 Å². The van der Waals surface area contributed by atoms with Gasteiger partial charge in [-0.05, 0) is 45.2 Å². The van der Waals surface area contributed by atoms with Crippen molar-refractivity contribution in [1.82, 2.24) is 9.72 Å². The van der Waals surface area contributed by atoms with Crippen molar-refractivity contribution in [2.75, 3.05) is 7.05 Å². The van der Waals surface area contributed by atoms with Gasteiger partial charge in [-0.15, -0.1) is 0 Å². The molecule has 28 heavy (non-hydrogen) atoms. The highest BCUT2D eigenvalue weighted by Gasteiger charge is 2.40. The third-order valence-corrected chi connectivity index (χ3v) is 6.55. The van der Waals surface area contributed by atoms with Crippen LogP contribution < -0.4 is 5.73 Å². The van der Waals surface area contributed by atoms with Gasteiger partial charge in [0.25, 0.3) is 0 Å². The fourth-order valence-corrected chi connectivity index (χ4v) is 5.06. The third kappa shape index (κ3) is 2.49. The van der Waals surface area contributed by atoms with Crippen LogP contribution in [-0.4, -0.2) is 34.4 Å². The molecule has 5 rings (SSSR count). The molecular weight excluding hydrogens is 354 g/mol. The molecule has 2 aromatic heterocycles. The molecule has 1 unspecified atom stereocenters. The Kier molecular flexibility index (Phi) is 4.16. The number of aromatic nitrogens is 2. The minimum Gasteiger partial charge on any atom is -0.388 e. The molecule has 0 amide bonds. The minimum absolute atomic E-state index is 0.376. The van der Waals surface area contributed by atoms with Gasteiger partial charge in [-0.2, -0.15) is 0 Å². The van der Waals surface area contributed by atoms with Crippen molar-refractivity contribution in [3.05, 3.63) is 22.6 Å². The number of hydrogen-bond donors (Lipinski definition) is 2. The first-order valence-corrected chi connectivity index (χ1v) is 10.3. The van der Waals surface area contributed by atoms with Gasteiger partial charge in [-0.25, -0.2) is 4.99 Å². The molecule has 2 saturated carbocycles. The number of fused-ring (bicyclic) bond motifs is 3. The first kappa shape index (κ1) is 17.7. The molecule has 7 nitrogen and oxygen atoms in total. The second kappa shape index (κ2) is 6.58. The number of aliphatic hydroxyl groups is 1. The van der Waals surface area contributed by atoms with E-state index < -0.39 is 6.10 Å². The number of rotatable bonds is 4. The van der Waals surface area contributed by atoms with Gasteiger partial charge in [0.2, 0.25) is 0 Å². The minimum atomic E-state index is -0.575. The Hall–Kier alpha value is -2.41. The first-order chi connectivity index (χ1) is 13.7. The van der Waals surface area contributed by atoms with Crippen molar-refractivity contribution < 1.29 is 9.63 Å². The van der Waals surface area contributed by atoms with Crippen LogP contribution in [0.3, 0.4) is 0 Å². The van der Waals surface area contributed by atoms with E-state index in [1.807, 2.05) is 0 Å². The van der Waals surface area contributed by atoms with Crippen molar-refractivity contribution >= 4 is 18.4 Å². The molecule has 2 aromatic rings. The third-order valence-electron chi connectivity index (χ3n) is 6.55. The Labute approximate surface area is 164 Å². The number of aliphatic imine (C=N–C) groups is 2. The Bertz CT molecular complexity index is 960. The van der Waals surface area contributed by atoms with Gasteiger partial charge < -0.3 is 19.9 Å². The quantitative estimate of drug-likeness (QED) is 0.621. The van der Waals surface area contributed by atoms with Crippen molar-refractivity contribution in [1.29, 1.82) is 0 Å². The lowest BCUT2D eigenvalue weighted by Crippen LogP contribution is -2.14. The monoisotopic (exact) mass is 381 g/mol. The maximum atomic E-state index is 10.9. The van der Waals surface area contributed by atoms with Crippen LogP contribution in [0.2, 0.25) is 0 Å². The van der Waals surface area contributed by atoms with E-state index in [2.05, 4.69) is 26.4 Å². The summed E-state index contributed by atoms with van der Waals surface area (Å²) in [4.78, 5) is 8.66. The van der Waals surface area contributed by atoms with E-state index in [1.165, 1.54) is 12.8 Å². The Morgan fingerprint density at radius 3 is 2.64 bits per heavy atom. The summed E-state index contributed by atoms with van der Waals surface area (Å²) in [6, 6.07) is 0.376. The molecule has 0 bridgehead atoms. The Balaban J connectivity index is 1.82. The van der Waals surface area contributed by atoms with Gasteiger partial charge in [0.1, 0.15) is 23.1 Å². The smallest absolute Gasteiger partial charge is 0.146 e. The van der Waals surface area contributed by atoms with E-state index in [9.17, 15) is 5.11 Å². The highest BCUT2D eigenvalue weighted by molar-refractivity contribution is 6.08. The average Bonchev–Trinajstić information content (AvgIpc) is 3.16. The van der Waals surface area contributed by atoms with Crippen LogP contribution in [0, 0.1) is 0 Å². The number of aliphatic hydroxyl groups excluding tert-OH is 1. The van der Waals surface area contributed by atoms with Gasteiger partial charge in [0.05, 0.1) is 17.2 Å². The van der Waals surface area contributed by atoms with E-state index >= 15 is 0 Å². The van der Waals surface area contributed by atoms with Crippen molar-refractivity contribution in [2.45, 2.75) is 69.4 Å². The zero-order valence-corrected chi connectivity index (χ0v) is 16.3. The predicted octanol–water partition coefficient (Wildman–Crippen LogP) is 3.78. The molecule has 0 aromatic carbocycles. The van der Waals surface area contributed by atoms with E-state index in [0.29, 0.717) is 29.9 Å². The van der Waals surface area contributed by atoms with Crippen LogP contribution >= 0.6 is 0 Å². The first-order valence-electron chi connectivity index (χ1n) is 10.3. The van der Waals surface area contributed by atoms with Gasteiger partial charge in [0.15, 0.2) is 0 Å². The normalized spacial score (nSPS) is 22.8. The van der Waals surface area contributed by atoms with Crippen LogP contribution in [0.15, 0.2) is 14.5 Å². The topological polar surface area (TPSA) is 102 Å². The van der Waals surface area contributed by atoms with E-state index in [0.717, 1.165) is 66.1 Å². The number of amidine groups is 1. The summed E-state index contributed by atoms with van der Waals surface area (Å²) in [6.45, 7) is 3.85. The highest BCUT2D eigenvalue weighted by Crippen LogP contribution is 2.51. The number of nitrogens with two attached hydrogens (primary N) is 1. The highest BCUT2D eigenvalue weighted by atomic mass is 16.5. The molecule has 0 saturated heterocycles. The summed E-state index contributed by atoms with van der Waals surface area (Å²) >= 11 is 0. The average molecular weight is 381 g/mol. The molecule has 3 N–H and O–H groups in total. The maximum Gasteiger partial charge on any atom is 0.146 e. The van der Waals surface area contributed by atoms with Crippen LogP contribution in [0.4, 0.5) is 5.82 Å². The van der Waals surface area contributed by atoms with E-state index in [4.69, 9.17) is 10.3 Å². The summed E-state index contributed by atoms with van der Waals surface area (Å²) in [6.07, 6.45) is 7.65. The number of hydrogen-bond acceptors (Lipinski definition) is 5. The van der Waals surface area contributed by atoms with Crippen molar-refractivity contribution in [2.24, 2.45) is 15.7 Å². The Morgan fingerprint density at radius 1 is 1.25 bits per heavy atom. The van der Waals surface area contributed by atoms with E-state index in [-0.39, 0.29) is 0 Å². The van der Waals surface area contributed by atoms with Gasteiger partial charge in [-0.1, -0.05) is 18.0 Å². The molecule has 1 atom stereocenters. The van der Waals surface area contributed by atoms with Gasteiger partial charge >= 0.3 is 0 Å². The molecule has 2 heterocycles. The zero-order valence-electron chi connectivity index (χ0n) is 16.3. The molecule has 148 valence electrons. The summed E-state index contributed by atoms with van der Waals surface area (Å²) < 4.78 is 8.06. The number of nitrogens with zero attached hydrogens (tertiary/aromatic N) is 4. The lowest BCUT2D eigenvalue weighted by molar-refractivity contribution is 0.165. The lowest BCUT2D eigenvalue weighted by atomic mass is 9.99. The molecule has 0 spiro atoms. The molecule has 2 fully saturated rings. The second-order valence-electron chi connectivity index (χ2n) is 8.23. The summed E-state index contributed by atoms with van der Waals surface area (Å²) in [7, 11) is 1.69. The largest absolute Gasteiger partial charge is 0.388 e. The summed E-state index contributed by atoms with van der Waals surface area (Å²) in [5.74, 6) is 2.42. The van der Waals surface area contributed by atoms with Crippen molar-refractivity contribution in [3.63, 3.8) is 0 Å². The van der Waals surface area contributed by atoms with E-state index in [1.54, 1.807) is 7.05 Å². The molecule has 3 aliphatic rings. The second-order valence-corrected chi connectivity index (χ2v) is 8.23. The molecule has 3 aliphatic carbocycles. The molecule has 0 radical (unpaired) electrons. The van der Waals surface area contributed by atoms with Crippen LogP contribution in [-0.2, 0) is 6.42 Å². The van der Waals surface area contributed by atoms with Crippen LogP contribution in [0.1, 0.15) is 85.6 Å². The van der Waals surface area contributed by atoms with Crippen LogP contribution in [0.5, 0.6) is 0 Å². The summed E-state index contributed by atoms with van der Waals surface area (Å²) in [5.41, 5.74) is 10.8. The standard InChI is InChI=1S/C21H27N5O2/c1-23-20(22)17-15-13(26(21(17)24-2)12-5-3-4-6-12)9-10-14(27)16-18(15)25-28-19(16)11-7-8-11/h11-12,14,27H,2-10H2,1H3,(H2,22,23). The molecule has 7 heteroatoms. The maximum absolute atomic E-state index is 10.9. The zero-order chi connectivity index (χ0) is 19.4. The van der Waals surface area contributed by atoms with Gasteiger partial charge in [-0.3, -0.25) is 4.99 Å².